The van der Waals surface area contributed by atoms with Gasteiger partial charge in [0.1, 0.15) is 0 Å². The van der Waals surface area contributed by atoms with Crippen LogP contribution in [0.5, 0.6) is 0 Å². The molecule has 9 heteroatoms. The number of imide groups is 1. The molecule has 0 saturated carbocycles. The third kappa shape index (κ3) is 5.55. The van der Waals surface area contributed by atoms with Crippen LogP contribution in [0.25, 0.3) is 0 Å². The number of piperidine rings is 1. The molecule has 0 aliphatic carbocycles. The van der Waals surface area contributed by atoms with Crippen molar-refractivity contribution in [3.05, 3.63) is 0 Å². The predicted molar refractivity (Wildman–Crippen MR) is 101 cm³/mol. The topological polar surface area (TPSA) is 95.5 Å². The Bertz CT molecular complexity index is 526. The molecule has 1 atom stereocenters. The Morgan fingerprint density at radius 1 is 1.30 bits per heavy atom. The van der Waals surface area contributed by atoms with Crippen LogP contribution in [0.15, 0.2) is 4.99 Å². The Balaban J connectivity index is 1.34. The lowest BCUT2D eigenvalue weighted by atomic mass is 10.1. The number of urea groups is 1. The molecular formula is C18H31N5O4. The summed E-state index contributed by atoms with van der Waals surface area (Å²) >= 11 is 0. The Kier molecular flexibility index (Phi) is 7.28. The fraction of sp³-hybridized carbons (Fsp3) is 0.833. The number of likely N-dealkylation sites (tertiary alicyclic amines) is 1. The number of amides is 3. The van der Waals surface area contributed by atoms with Gasteiger partial charge in [0.05, 0.1) is 25.4 Å². The molecule has 2 N–H and O–H groups in total. The molecule has 9 nitrogen and oxygen atoms in total. The number of guanidine groups is 1. The van der Waals surface area contributed by atoms with Gasteiger partial charge in [0, 0.05) is 39.8 Å². The zero-order valence-corrected chi connectivity index (χ0v) is 16.1. The first-order valence-electron chi connectivity index (χ1n) is 9.94. The largest absolute Gasteiger partial charge is 0.376 e. The Labute approximate surface area is 160 Å². The quantitative estimate of drug-likeness (QED) is 0.387. The normalized spacial score (nSPS) is 25.1. The van der Waals surface area contributed by atoms with Gasteiger partial charge in [-0.2, -0.15) is 0 Å². The monoisotopic (exact) mass is 381 g/mol. The van der Waals surface area contributed by atoms with E-state index in [9.17, 15) is 9.59 Å². The number of rotatable bonds is 6. The zero-order chi connectivity index (χ0) is 19.1. The van der Waals surface area contributed by atoms with Crippen molar-refractivity contribution >= 4 is 17.9 Å². The summed E-state index contributed by atoms with van der Waals surface area (Å²) in [6, 6.07) is -0.323. The van der Waals surface area contributed by atoms with Crippen LogP contribution in [-0.4, -0.2) is 92.9 Å². The van der Waals surface area contributed by atoms with E-state index in [0.717, 1.165) is 51.3 Å². The lowest BCUT2D eigenvalue weighted by molar-refractivity contribution is -0.124. The first-order valence-corrected chi connectivity index (χ1v) is 9.94. The maximum Gasteiger partial charge on any atom is 0.324 e. The smallest absolute Gasteiger partial charge is 0.324 e. The Morgan fingerprint density at radius 3 is 2.74 bits per heavy atom. The van der Waals surface area contributed by atoms with Crippen molar-refractivity contribution in [2.24, 2.45) is 4.99 Å². The van der Waals surface area contributed by atoms with E-state index in [-0.39, 0.29) is 30.7 Å². The maximum absolute atomic E-state index is 11.6. The van der Waals surface area contributed by atoms with Crippen LogP contribution >= 0.6 is 0 Å². The molecule has 0 spiro atoms. The summed E-state index contributed by atoms with van der Waals surface area (Å²) in [6.07, 6.45) is 5.96. The van der Waals surface area contributed by atoms with Crippen molar-refractivity contribution in [2.45, 2.75) is 44.3 Å². The second kappa shape index (κ2) is 9.89. The second-order valence-corrected chi connectivity index (χ2v) is 7.19. The van der Waals surface area contributed by atoms with E-state index in [1.807, 2.05) is 0 Å². The van der Waals surface area contributed by atoms with Gasteiger partial charge < -0.3 is 25.0 Å². The van der Waals surface area contributed by atoms with Gasteiger partial charge in [-0.3, -0.25) is 14.7 Å². The van der Waals surface area contributed by atoms with Gasteiger partial charge in [0.15, 0.2) is 5.96 Å². The summed E-state index contributed by atoms with van der Waals surface area (Å²) in [7, 11) is 1.75. The van der Waals surface area contributed by atoms with Crippen LogP contribution < -0.4 is 10.6 Å². The van der Waals surface area contributed by atoms with E-state index < -0.39 is 0 Å². The summed E-state index contributed by atoms with van der Waals surface area (Å²) in [4.78, 5) is 30.9. The maximum atomic E-state index is 11.6. The van der Waals surface area contributed by atoms with Crippen LogP contribution in [0.3, 0.4) is 0 Å². The highest BCUT2D eigenvalue weighted by atomic mass is 16.5. The van der Waals surface area contributed by atoms with E-state index in [0.29, 0.717) is 19.7 Å². The van der Waals surface area contributed by atoms with Crippen LogP contribution in [-0.2, 0) is 14.3 Å². The number of ether oxygens (including phenoxy) is 2. The molecule has 0 aromatic heterocycles. The van der Waals surface area contributed by atoms with Crippen molar-refractivity contribution < 1.29 is 19.1 Å². The van der Waals surface area contributed by atoms with Crippen molar-refractivity contribution in [1.82, 2.24) is 20.4 Å². The average Bonchev–Trinajstić information content (AvgIpc) is 3.03. The number of hydrogen-bond acceptors (Lipinski definition) is 5. The SMILES string of the molecule is CN=C(NCCN1C(=O)CNC1=O)N1CCC(OCC2CCCCO2)CC1. The summed E-state index contributed by atoms with van der Waals surface area (Å²) in [5.74, 6) is 0.618. The lowest BCUT2D eigenvalue weighted by Crippen LogP contribution is -2.49. The molecule has 3 rings (SSSR count). The summed E-state index contributed by atoms with van der Waals surface area (Å²) in [5.41, 5.74) is 0. The zero-order valence-electron chi connectivity index (χ0n) is 16.1. The molecule has 0 bridgehead atoms. The number of carbonyl (C=O) groups excluding carboxylic acids is 2. The van der Waals surface area contributed by atoms with Crippen LogP contribution in [0.4, 0.5) is 4.79 Å². The summed E-state index contributed by atoms with van der Waals surface area (Å²) in [6.45, 7) is 4.22. The Hall–Kier alpha value is -1.87. The first kappa shape index (κ1) is 19.9. The molecule has 3 aliphatic heterocycles. The minimum atomic E-state index is -0.323. The number of nitrogens with one attached hydrogen (secondary N) is 2. The van der Waals surface area contributed by atoms with Gasteiger partial charge in [-0.05, 0) is 32.1 Å². The molecule has 0 aromatic rings. The van der Waals surface area contributed by atoms with E-state index in [2.05, 4.69) is 20.5 Å². The van der Waals surface area contributed by atoms with Crippen LogP contribution in [0.1, 0.15) is 32.1 Å². The van der Waals surface area contributed by atoms with Gasteiger partial charge >= 0.3 is 6.03 Å². The number of carbonyl (C=O) groups is 2. The van der Waals surface area contributed by atoms with Gasteiger partial charge in [0.2, 0.25) is 5.91 Å². The average molecular weight is 381 g/mol. The van der Waals surface area contributed by atoms with Crippen LogP contribution in [0.2, 0.25) is 0 Å². The van der Waals surface area contributed by atoms with Gasteiger partial charge in [-0.25, -0.2) is 4.79 Å². The van der Waals surface area contributed by atoms with Gasteiger partial charge in [-0.15, -0.1) is 0 Å². The highest BCUT2D eigenvalue weighted by Gasteiger charge is 2.28. The summed E-state index contributed by atoms with van der Waals surface area (Å²) in [5, 5.41) is 5.77. The van der Waals surface area contributed by atoms with E-state index in [1.54, 1.807) is 7.05 Å². The first-order chi connectivity index (χ1) is 13.2. The Morgan fingerprint density at radius 2 is 2.11 bits per heavy atom. The predicted octanol–water partition coefficient (Wildman–Crippen LogP) is 0.164. The molecule has 1 unspecified atom stereocenters. The standard InChI is InChI=1S/C18H31N5O4/c1-19-17(20-7-10-23-16(24)12-21-18(23)25)22-8-5-14(6-9-22)27-13-15-4-2-3-11-26-15/h14-15H,2-13H2,1H3,(H,19,20)(H,21,25). The third-order valence-corrected chi connectivity index (χ3v) is 5.30. The molecule has 27 heavy (non-hydrogen) atoms. The number of nitrogens with zero attached hydrogens (tertiary/aromatic N) is 3. The second-order valence-electron chi connectivity index (χ2n) is 7.19. The molecule has 0 radical (unpaired) electrons. The van der Waals surface area contributed by atoms with Crippen molar-refractivity contribution in [3.8, 4) is 0 Å². The molecule has 3 heterocycles. The number of hydrogen-bond donors (Lipinski definition) is 2. The third-order valence-electron chi connectivity index (χ3n) is 5.30. The summed E-state index contributed by atoms with van der Waals surface area (Å²) < 4.78 is 11.8. The van der Waals surface area contributed by atoms with E-state index >= 15 is 0 Å². The molecule has 3 amide bonds. The van der Waals surface area contributed by atoms with Gasteiger partial charge in [0.25, 0.3) is 0 Å². The molecular weight excluding hydrogens is 350 g/mol. The number of aliphatic imine (C=N–C) groups is 1. The lowest BCUT2D eigenvalue weighted by Gasteiger charge is -2.35. The fourth-order valence-electron chi connectivity index (χ4n) is 3.71. The van der Waals surface area contributed by atoms with Crippen LogP contribution in [0, 0.1) is 0 Å². The minimum absolute atomic E-state index is 0.0902. The van der Waals surface area contributed by atoms with E-state index in [1.165, 1.54) is 11.3 Å². The van der Waals surface area contributed by atoms with Gasteiger partial charge in [-0.1, -0.05) is 0 Å². The molecule has 3 aliphatic rings. The molecule has 152 valence electrons. The molecule has 3 fully saturated rings. The van der Waals surface area contributed by atoms with E-state index in [4.69, 9.17) is 9.47 Å². The fourth-order valence-corrected chi connectivity index (χ4v) is 3.71. The molecule has 3 saturated heterocycles. The van der Waals surface area contributed by atoms with Crippen molar-refractivity contribution in [2.75, 3.05) is 53.0 Å². The highest BCUT2D eigenvalue weighted by molar-refractivity contribution is 6.01. The molecule has 0 aromatic carbocycles. The van der Waals surface area contributed by atoms with Crippen molar-refractivity contribution in [3.63, 3.8) is 0 Å². The highest BCUT2D eigenvalue weighted by Crippen LogP contribution is 2.17. The van der Waals surface area contributed by atoms with Crippen molar-refractivity contribution in [1.29, 1.82) is 0 Å². The minimum Gasteiger partial charge on any atom is -0.376 e.